The van der Waals surface area contributed by atoms with Crippen LogP contribution in [0.15, 0.2) is 54.3 Å². The number of rotatable bonds is 6. The van der Waals surface area contributed by atoms with Crippen molar-refractivity contribution in [3.8, 4) is 22.0 Å². The third kappa shape index (κ3) is 3.79. The van der Waals surface area contributed by atoms with Gasteiger partial charge in [-0.1, -0.05) is 0 Å². The Labute approximate surface area is 165 Å². The van der Waals surface area contributed by atoms with Crippen LogP contribution in [0, 0.1) is 0 Å². The summed E-state index contributed by atoms with van der Waals surface area (Å²) >= 11 is 1.42. The summed E-state index contributed by atoms with van der Waals surface area (Å²) < 4.78 is 8.62. The predicted octanol–water partition coefficient (Wildman–Crippen LogP) is 2.67. The van der Waals surface area contributed by atoms with Gasteiger partial charge >= 0.3 is 0 Å². The van der Waals surface area contributed by atoms with Gasteiger partial charge in [-0.05, 0) is 30.3 Å². The molecule has 0 saturated carbocycles. The Balaban J connectivity index is 1.38. The second kappa shape index (κ2) is 7.65. The number of benzene rings is 1. The number of amides is 1. The molecule has 0 fully saturated rings. The number of ether oxygens (including phenoxy) is 1. The van der Waals surface area contributed by atoms with Gasteiger partial charge in [0.1, 0.15) is 16.5 Å². The van der Waals surface area contributed by atoms with Gasteiger partial charge < -0.3 is 10.1 Å². The van der Waals surface area contributed by atoms with Crippen LogP contribution in [0.1, 0.15) is 16.2 Å². The second-order valence-electron chi connectivity index (χ2n) is 6.07. The van der Waals surface area contributed by atoms with E-state index in [0.29, 0.717) is 12.2 Å². The molecule has 142 valence electrons. The second-order valence-corrected chi connectivity index (χ2v) is 6.93. The SMILES string of the molecule is COc1ccc(-n2ccc(CNC(=O)c3csc(-c4cnn(C)c4)n3)n2)cc1. The van der Waals surface area contributed by atoms with Gasteiger partial charge in [-0.3, -0.25) is 9.48 Å². The van der Waals surface area contributed by atoms with E-state index in [1.165, 1.54) is 11.3 Å². The molecule has 0 unspecified atom stereocenters. The number of carbonyl (C=O) groups excluding carboxylic acids is 1. The molecule has 0 aliphatic rings. The van der Waals surface area contributed by atoms with Gasteiger partial charge in [0.2, 0.25) is 0 Å². The van der Waals surface area contributed by atoms with Gasteiger partial charge in [-0.15, -0.1) is 11.3 Å². The third-order valence-corrected chi connectivity index (χ3v) is 4.99. The van der Waals surface area contributed by atoms with Gasteiger partial charge in [-0.2, -0.15) is 10.2 Å². The topological polar surface area (TPSA) is 86.9 Å². The minimum Gasteiger partial charge on any atom is -0.497 e. The lowest BCUT2D eigenvalue weighted by Crippen LogP contribution is -2.23. The first-order valence-corrected chi connectivity index (χ1v) is 9.42. The molecule has 4 aromatic rings. The summed E-state index contributed by atoms with van der Waals surface area (Å²) in [5.41, 5.74) is 2.95. The van der Waals surface area contributed by atoms with Crippen molar-refractivity contribution in [2.24, 2.45) is 7.05 Å². The molecule has 1 N–H and O–H groups in total. The van der Waals surface area contributed by atoms with Crippen LogP contribution in [0.3, 0.4) is 0 Å². The van der Waals surface area contributed by atoms with Crippen LogP contribution in [-0.4, -0.2) is 37.6 Å². The summed E-state index contributed by atoms with van der Waals surface area (Å²) in [7, 11) is 3.47. The van der Waals surface area contributed by atoms with Crippen molar-refractivity contribution in [1.82, 2.24) is 29.9 Å². The first kappa shape index (κ1) is 17.9. The number of hydrogen-bond acceptors (Lipinski definition) is 6. The monoisotopic (exact) mass is 394 g/mol. The summed E-state index contributed by atoms with van der Waals surface area (Å²) in [5, 5.41) is 14.0. The molecule has 0 aliphatic carbocycles. The lowest BCUT2D eigenvalue weighted by Gasteiger charge is -2.03. The fraction of sp³-hybridized carbons (Fsp3) is 0.158. The molecule has 0 aliphatic heterocycles. The van der Waals surface area contributed by atoms with Crippen LogP contribution in [-0.2, 0) is 13.6 Å². The smallest absolute Gasteiger partial charge is 0.271 e. The third-order valence-electron chi connectivity index (χ3n) is 4.10. The molecule has 0 spiro atoms. The Morgan fingerprint density at radius 2 is 2.07 bits per heavy atom. The Morgan fingerprint density at radius 3 is 2.79 bits per heavy atom. The highest BCUT2D eigenvalue weighted by Crippen LogP contribution is 2.23. The molecule has 1 amide bonds. The van der Waals surface area contributed by atoms with E-state index >= 15 is 0 Å². The molecule has 0 saturated heterocycles. The fourth-order valence-corrected chi connectivity index (χ4v) is 3.41. The van der Waals surface area contributed by atoms with E-state index in [1.807, 2.05) is 49.8 Å². The number of aromatic nitrogens is 5. The van der Waals surface area contributed by atoms with Crippen molar-refractivity contribution in [3.63, 3.8) is 0 Å². The average Bonchev–Trinajstić information content (AvgIpc) is 3.46. The molecule has 9 heteroatoms. The molecule has 1 aromatic carbocycles. The van der Waals surface area contributed by atoms with E-state index in [2.05, 4.69) is 20.5 Å². The standard InChI is InChI=1S/C19H18N6O2S/c1-24-11-13(9-21-24)19-22-17(12-28-19)18(26)20-10-14-7-8-25(23-14)15-3-5-16(27-2)6-4-15/h3-9,11-12H,10H2,1-2H3,(H,20,26). The van der Waals surface area contributed by atoms with Gasteiger partial charge in [0, 0.05) is 30.4 Å². The summed E-state index contributed by atoms with van der Waals surface area (Å²) in [4.78, 5) is 16.8. The number of hydrogen-bond donors (Lipinski definition) is 1. The maximum Gasteiger partial charge on any atom is 0.271 e. The lowest BCUT2D eigenvalue weighted by molar-refractivity contribution is 0.0946. The molecule has 3 aromatic heterocycles. The number of carbonyl (C=O) groups is 1. The van der Waals surface area contributed by atoms with Gasteiger partial charge in [0.15, 0.2) is 0 Å². The molecule has 28 heavy (non-hydrogen) atoms. The highest BCUT2D eigenvalue weighted by molar-refractivity contribution is 7.13. The first-order valence-electron chi connectivity index (χ1n) is 8.54. The van der Waals surface area contributed by atoms with Gasteiger partial charge in [0.05, 0.1) is 31.2 Å². The number of nitrogens with one attached hydrogen (secondary N) is 1. The van der Waals surface area contributed by atoms with Crippen LogP contribution >= 0.6 is 11.3 Å². The predicted molar refractivity (Wildman–Crippen MR) is 106 cm³/mol. The first-order chi connectivity index (χ1) is 13.6. The van der Waals surface area contributed by atoms with E-state index in [4.69, 9.17) is 4.74 Å². The minimum atomic E-state index is -0.231. The van der Waals surface area contributed by atoms with Crippen molar-refractivity contribution in [3.05, 3.63) is 65.7 Å². The van der Waals surface area contributed by atoms with Crippen LogP contribution < -0.4 is 10.1 Å². The highest BCUT2D eigenvalue weighted by atomic mass is 32.1. The quantitative estimate of drug-likeness (QED) is 0.543. The molecule has 8 nitrogen and oxygen atoms in total. The van der Waals surface area contributed by atoms with Crippen LogP contribution in [0.25, 0.3) is 16.3 Å². The maximum absolute atomic E-state index is 12.4. The average molecular weight is 394 g/mol. The number of aryl methyl sites for hydroxylation is 1. The molecule has 0 atom stereocenters. The van der Waals surface area contributed by atoms with Crippen molar-refractivity contribution in [2.45, 2.75) is 6.54 Å². The van der Waals surface area contributed by atoms with E-state index < -0.39 is 0 Å². The van der Waals surface area contributed by atoms with Crippen molar-refractivity contribution in [1.29, 1.82) is 0 Å². The summed E-state index contributed by atoms with van der Waals surface area (Å²) in [6, 6.07) is 9.46. The Hall–Kier alpha value is -3.46. The van der Waals surface area contributed by atoms with Crippen molar-refractivity contribution < 1.29 is 9.53 Å². The summed E-state index contributed by atoms with van der Waals surface area (Å²) in [6.07, 6.45) is 5.45. The van der Waals surface area contributed by atoms with Crippen LogP contribution in [0.4, 0.5) is 0 Å². The summed E-state index contributed by atoms with van der Waals surface area (Å²) in [5.74, 6) is 0.558. The zero-order chi connectivity index (χ0) is 19.5. The molecule has 0 bridgehead atoms. The summed E-state index contributed by atoms with van der Waals surface area (Å²) in [6.45, 7) is 0.321. The molecular weight excluding hydrogens is 376 g/mol. The molecule has 0 radical (unpaired) electrons. The fourth-order valence-electron chi connectivity index (χ4n) is 2.64. The van der Waals surface area contributed by atoms with Crippen molar-refractivity contribution >= 4 is 17.2 Å². The molecule has 4 rings (SSSR count). The van der Waals surface area contributed by atoms with E-state index in [0.717, 1.165) is 27.7 Å². The molecule has 3 heterocycles. The Kier molecular flexibility index (Phi) is 4.90. The highest BCUT2D eigenvalue weighted by Gasteiger charge is 2.13. The lowest BCUT2D eigenvalue weighted by atomic mass is 10.3. The van der Waals surface area contributed by atoms with Gasteiger partial charge in [0.25, 0.3) is 5.91 Å². The Morgan fingerprint density at radius 1 is 1.25 bits per heavy atom. The van der Waals surface area contributed by atoms with E-state index in [1.54, 1.807) is 28.1 Å². The largest absolute Gasteiger partial charge is 0.497 e. The van der Waals surface area contributed by atoms with Crippen molar-refractivity contribution in [2.75, 3.05) is 7.11 Å². The Bertz CT molecular complexity index is 1100. The number of thiazole rings is 1. The van der Waals surface area contributed by atoms with Crippen LogP contribution in [0.2, 0.25) is 0 Å². The number of nitrogens with zero attached hydrogens (tertiary/aromatic N) is 5. The van der Waals surface area contributed by atoms with E-state index in [9.17, 15) is 4.79 Å². The van der Waals surface area contributed by atoms with E-state index in [-0.39, 0.29) is 5.91 Å². The minimum absolute atomic E-state index is 0.231. The zero-order valence-corrected chi connectivity index (χ0v) is 16.2. The molecular formula is C19H18N6O2S. The zero-order valence-electron chi connectivity index (χ0n) is 15.4. The normalized spacial score (nSPS) is 10.8. The number of methoxy groups -OCH3 is 1. The van der Waals surface area contributed by atoms with Crippen LogP contribution in [0.5, 0.6) is 5.75 Å². The van der Waals surface area contributed by atoms with Gasteiger partial charge in [-0.25, -0.2) is 9.67 Å². The maximum atomic E-state index is 12.4.